The summed E-state index contributed by atoms with van der Waals surface area (Å²) in [7, 11) is 0. The van der Waals surface area contributed by atoms with Gasteiger partial charge in [0.2, 0.25) is 0 Å². The van der Waals surface area contributed by atoms with Crippen LogP contribution in [0.25, 0.3) is 0 Å². The number of carbonyl (C=O) groups is 2. The van der Waals surface area contributed by atoms with Crippen molar-refractivity contribution >= 4 is 34.5 Å². The van der Waals surface area contributed by atoms with Crippen LogP contribution in [0.15, 0.2) is 48.5 Å². The van der Waals surface area contributed by atoms with E-state index in [1.807, 2.05) is 30.0 Å². The van der Waals surface area contributed by atoms with Gasteiger partial charge in [0.05, 0.1) is 10.7 Å². The van der Waals surface area contributed by atoms with Crippen molar-refractivity contribution < 1.29 is 9.59 Å². The highest BCUT2D eigenvalue weighted by molar-refractivity contribution is 7.14. The number of aromatic nitrogens is 1. The number of thiazole rings is 1. The Labute approximate surface area is 180 Å². The number of fused-ring (bicyclic) bond motifs is 1. The normalized spacial score (nSPS) is 13.3. The van der Waals surface area contributed by atoms with Crippen molar-refractivity contribution in [1.29, 1.82) is 0 Å². The maximum atomic E-state index is 12.9. The number of hydrogen-bond acceptors (Lipinski definition) is 4. The zero-order chi connectivity index (χ0) is 21.5. The van der Waals surface area contributed by atoms with E-state index in [0.29, 0.717) is 22.7 Å². The molecule has 0 radical (unpaired) electrons. The van der Waals surface area contributed by atoms with E-state index in [4.69, 9.17) is 0 Å². The lowest BCUT2D eigenvalue weighted by Gasteiger charge is -2.17. The van der Waals surface area contributed by atoms with E-state index in [1.54, 1.807) is 24.3 Å². The second kappa shape index (κ2) is 7.69. The second-order valence-electron chi connectivity index (χ2n) is 8.55. The first-order chi connectivity index (χ1) is 14.2. The summed E-state index contributed by atoms with van der Waals surface area (Å²) < 4.78 is 0. The summed E-state index contributed by atoms with van der Waals surface area (Å²) in [6.45, 7) is 8.80. The second-order valence-corrected chi connectivity index (χ2v) is 9.55. The van der Waals surface area contributed by atoms with Gasteiger partial charge in [-0.1, -0.05) is 39.0 Å². The minimum absolute atomic E-state index is 0.0223. The van der Waals surface area contributed by atoms with Crippen LogP contribution < -0.4 is 10.2 Å². The molecule has 0 spiro atoms. The SMILES string of the molecule is Cc1nc(C(C)(C)C)sc1C(=O)Nc1ccc(C(=O)N2CCc3ccccc32)cc1. The molecule has 0 bridgehead atoms. The largest absolute Gasteiger partial charge is 0.321 e. The number of rotatable bonds is 3. The number of amides is 2. The number of hydrogen-bond donors (Lipinski definition) is 1. The highest BCUT2D eigenvalue weighted by Gasteiger charge is 2.25. The van der Waals surface area contributed by atoms with Crippen molar-refractivity contribution in [2.45, 2.75) is 39.5 Å². The minimum atomic E-state index is -0.173. The molecule has 4 rings (SSSR count). The summed E-state index contributed by atoms with van der Waals surface area (Å²) in [5.41, 5.74) is 4.09. The van der Waals surface area contributed by atoms with Gasteiger partial charge in [0.1, 0.15) is 4.88 Å². The van der Waals surface area contributed by atoms with E-state index < -0.39 is 0 Å². The fourth-order valence-corrected chi connectivity index (χ4v) is 4.54. The van der Waals surface area contributed by atoms with Gasteiger partial charge in [0.25, 0.3) is 11.8 Å². The standard InChI is InChI=1S/C24H25N3O2S/c1-15-20(30-23(25-15)24(2,3)4)21(28)26-18-11-9-17(10-12-18)22(29)27-14-13-16-7-5-6-8-19(16)27/h5-12H,13-14H2,1-4H3,(H,26,28). The average Bonchev–Trinajstić information content (AvgIpc) is 3.31. The Kier molecular flexibility index (Phi) is 5.20. The van der Waals surface area contributed by atoms with Gasteiger partial charge in [0.15, 0.2) is 0 Å². The summed E-state index contributed by atoms with van der Waals surface area (Å²) in [5, 5.41) is 3.86. The number of nitrogens with one attached hydrogen (secondary N) is 1. The Morgan fingerprint density at radius 3 is 2.43 bits per heavy atom. The maximum absolute atomic E-state index is 12.9. The first-order valence-corrected chi connectivity index (χ1v) is 10.8. The van der Waals surface area contributed by atoms with Crippen molar-refractivity contribution in [3.05, 3.63) is 75.2 Å². The van der Waals surface area contributed by atoms with Crippen molar-refractivity contribution in [2.24, 2.45) is 0 Å². The Morgan fingerprint density at radius 1 is 1.07 bits per heavy atom. The Balaban J connectivity index is 1.47. The third-order valence-electron chi connectivity index (χ3n) is 5.17. The van der Waals surface area contributed by atoms with E-state index in [0.717, 1.165) is 22.8 Å². The lowest BCUT2D eigenvalue weighted by molar-refractivity contribution is 0.0988. The molecule has 0 unspecified atom stereocenters. The summed E-state index contributed by atoms with van der Waals surface area (Å²) in [6, 6.07) is 15.1. The molecule has 1 aliphatic heterocycles. The lowest BCUT2D eigenvalue weighted by atomic mass is 9.98. The molecule has 0 atom stereocenters. The zero-order valence-electron chi connectivity index (χ0n) is 17.7. The van der Waals surface area contributed by atoms with Crippen LogP contribution in [-0.2, 0) is 11.8 Å². The van der Waals surface area contributed by atoms with Crippen LogP contribution >= 0.6 is 11.3 Å². The van der Waals surface area contributed by atoms with Gasteiger partial charge in [-0.15, -0.1) is 11.3 Å². The van der Waals surface area contributed by atoms with Crippen molar-refractivity contribution in [3.8, 4) is 0 Å². The molecule has 0 saturated heterocycles. The van der Waals surface area contributed by atoms with Crippen LogP contribution in [0.5, 0.6) is 0 Å². The monoisotopic (exact) mass is 419 g/mol. The molecule has 2 heterocycles. The van der Waals surface area contributed by atoms with Crippen molar-refractivity contribution in [2.75, 3.05) is 16.8 Å². The van der Waals surface area contributed by atoms with Crippen molar-refractivity contribution in [3.63, 3.8) is 0 Å². The van der Waals surface area contributed by atoms with E-state index in [-0.39, 0.29) is 17.2 Å². The third kappa shape index (κ3) is 3.87. The topological polar surface area (TPSA) is 62.3 Å². The summed E-state index contributed by atoms with van der Waals surface area (Å²) >= 11 is 1.43. The van der Waals surface area contributed by atoms with E-state index >= 15 is 0 Å². The molecule has 0 aliphatic carbocycles. The first kappa shape index (κ1) is 20.3. The first-order valence-electron chi connectivity index (χ1n) is 10.0. The summed E-state index contributed by atoms with van der Waals surface area (Å²) in [4.78, 5) is 32.7. The fourth-order valence-electron chi connectivity index (χ4n) is 3.52. The number of carbonyl (C=O) groups excluding carboxylic acids is 2. The molecule has 5 nitrogen and oxygen atoms in total. The van der Waals surface area contributed by atoms with Crippen LogP contribution in [0.1, 0.15) is 57.1 Å². The van der Waals surface area contributed by atoms with E-state index in [9.17, 15) is 9.59 Å². The number of anilines is 2. The van der Waals surface area contributed by atoms with Crippen LogP contribution in [0, 0.1) is 6.92 Å². The number of para-hydroxylation sites is 1. The predicted molar refractivity (Wildman–Crippen MR) is 122 cm³/mol. The van der Waals surface area contributed by atoms with Gasteiger partial charge in [-0.25, -0.2) is 4.98 Å². The molecule has 1 N–H and O–H groups in total. The van der Waals surface area contributed by atoms with Gasteiger partial charge in [-0.05, 0) is 49.2 Å². The van der Waals surface area contributed by atoms with Crippen LogP contribution in [0.3, 0.4) is 0 Å². The molecule has 30 heavy (non-hydrogen) atoms. The number of nitrogens with zero attached hydrogens (tertiary/aromatic N) is 2. The van der Waals surface area contributed by atoms with Crippen molar-refractivity contribution in [1.82, 2.24) is 4.98 Å². The number of benzene rings is 2. The molecule has 154 valence electrons. The molecule has 3 aromatic rings. The molecular weight excluding hydrogens is 394 g/mol. The van der Waals surface area contributed by atoms with Gasteiger partial charge >= 0.3 is 0 Å². The Hall–Kier alpha value is -2.99. The summed E-state index contributed by atoms with van der Waals surface area (Å²) in [5.74, 6) is -0.195. The highest BCUT2D eigenvalue weighted by atomic mass is 32.1. The molecule has 0 fully saturated rings. The van der Waals surface area contributed by atoms with E-state index in [1.165, 1.54) is 16.9 Å². The molecule has 1 aromatic heterocycles. The quantitative estimate of drug-likeness (QED) is 0.634. The van der Waals surface area contributed by atoms with Gasteiger partial charge < -0.3 is 10.2 Å². The fraction of sp³-hybridized carbons (Fsp3) is 0.292. The zero-order valence-corrected chi connectivity index (χ0v) is 18.5. The van der Waals surface area contributed by atoms with Gasteiger partial charge in [-0.3, -0.25) is 9.59 Å². The van der Waals surface area contributed by atoms with Gasteiger partial charge in [-0.2, -0.15) is 0 Å². The van der Waals surface area contributed by atoms with Crippen LogP contribution in [-0.4, -0.2) is 23.3 Å². The molecule has 6 heteroatoms. The van der Waals surface area contributed by atoms with Crippen LogP contribution in [0.4, 0.5) is 11.4 Å². The molecule has 1 aliphatic rings. The smallest absolute Gasteiger partial charge is 0.267 e. The van der Waals surface area contributed by atoms with Crippen LogP contribution in [0.2, 0.25) is 0 Å². The average molecular weight is 420 g/mol. The third-order valence-corrected chi connectivity index (χ3v) is 6.75. The number of aryl methyl sites for hydroxylation is 1. The maximum Gasteiger partial charge on any atom is 0.267 e. The molecule has 0 saturated carbocycles. The Morgan fingerprint density at radius 2 is 1.77 bits per heavy atom. The lowest BCUT2D eigenvalue weighted by Crippen LogP contribution is -2.28. The molecule has 2 amide bonds. The molecule has 2 aromatic carbocycles. The summed E-state index contributed by atoms with van der Waals surface area (Å²) in [6.07, 6.45) is 0.876. The minimum Gasteiger partial charge on any atom is -0.321 e. The Bertz CT molecular complexity index is 1110. The van der Waals surface area contributed by atoms with Gasteiger partial charge in [0, 0.05) is 28.9 Å². The van der Waals surface area contributed by atoms with E-state index in [2.05, 4.69) is 37.1 Å². The predicted octanol–water partition coefficient (Wildman–Crippen LogP) is 5.20. The molecular formula is C24H25N3O2S. The highest BCUT2D eigenvalue weighted by Crippen LogP contribution is 2.31.